The Bertz CT molecular complexity index is 962. The van der Waals surface area contributed by atoms with E-state index in [2.05, 4.69) is 15.3 Å². The predicted octanol–water partition coefficient (Wildman–Crippen LogP) is 3.46. The number of hydrogen-bond acceptors (Lipinski definition) is 5. The normalized spacial score (nSPS) is 12.6. The van der Waals surface area contributed by atoms with Gasteiger partial charge >= 0.3 is 6.09 Å². The molecule has 8 nitrogen and oxygen atoms in total. The Hall–Kier alpha value is -2.90. The number of hydrogen-bond donors (Lipinski definition) is 2. The average molecular weight is 431 g/mol. The topological polar surface area (TPSA) is 104 Å². The van der Waals surface area contributed by atoms with Gasteiger partial charge in [0.15, 0.2) is 0 Å². The highest BCUT2D eigenvalue weighted by molar-refractivity contribution is 5.80. The number of ether oxygens (including phenoxy) is 1. The van der Waals surface area contributed by atoms with Crippen LogP contribution in [-0.2, 0) is 16.1 Å². The number of carbonyl (C=O) groups is 2. The first-order chi connectivity index (χ1) is 14.5. The van der Waals surface area contributed by atoms with E-state index in [1.807, 2.05) is 26.8 Å². The molecule has 31 heavy (non-hydrogen) atoms. The third kappa shape index (κ3) is 7.38. The maximum absolute atomic E-state index is 13.3. The zero-order chi connectivity index (χ0) is 23.2. The summed E-state index contributed by atoms with van der Waals surface area (Å²) in [7, 11) is 0. The van der Waals surface area contributed by atoms with Crippen molar-refractivity contribution in [2.75, 3.05) is 13.1 Å². The van der Waals surface area contributed by atoms with E-state index in [1.165, 1.54) is 0 Å². The molecular formula is C23H34N4O4. The van der Waals surface area contributed by atoms with Crippen LogP contribution in [0.5, 0.6) is 0 Å². The van der Waals surface area contributed by atoms with Gasteiger partial charge in [-0.1, -0.05) is 26.0 Å². The van der Waals surface area contributed by atoms with Gasteiger partial charge in [-0.2, -0.15) is 0 Å². The number of rotatable bonds is 8. The van der Waals surface area contributed by atoms with Crippen LogP contribution in [0.1, 0.15) is 53.8 Å². The molecular weight excluding hydrogens is 396 g/mol. The van der Waals surface area contributed by atoms with Crippen molar-refractivity contribution in [1.82, 2.24) is 20.2 Å². The number of alkyl carbamates (subject to hydrolysis) is 1. The summed E-state index contributed by atoms with van der Waals surface area (Å²) < 4.78 is 5.28. The number of aromatic nitrogens is 2. The molecule has 170 valence electrons. The number of nitrogens with zero attached hydrogens (tertiary/aromatic N) is 2. The SMILES string of the molecule is CCN(Cc1nc2ccccc2c(=O)[nH]1)C(=O)[C@@H](CNC(=O)OC(C)(C)C)CC(C)C. The lowest BCUT2D eigenvalue weighted by Crippen LogP contribution is -2.43. The second-order valence-corrected chi connectivity index (χ2v) is 9.09. The number of carbonyl (C=O) groups excluding carboxylic acids is 2. The van der Waals surface area contributed by atoms with Crippen molar-refractivity contribution in [2.24, 2.45) is 11.8 Å². The van der Waals surface area contributed by atoms with Crippen LogP contribution in [0.4, 0.5) is 4.79 Å². The first-order valence-electron chi connectivity index (χ1n) is 10.7. The van der Waals surface area contributed by atoms with Crippen LogP contribution in [-0.4, -0.2) is 45.6 Å². The molecule has 1 aromatic carbocycles. The highest BCUT2D eigenvalue weighted by Crippen LogP contribution is 2.16. The van der Waals surface area contributed by atoms with Gasteiger partial charge in [-0.15, -0.1) is 0 Å². The molecule has 0 aliphatic heterocycles. The summed E-state index contributed by atoms with van der Waals surface area (Å²) in [6.07, 6.45) is 0.0740. The number of benzene rings is 1. The zero-order valence-corrected chi connectivity index (χ0v) is 19.3. The summed E-state index contributed by atoms with van der Waals surface area (Å²) in [5.41, 5.74) is -0.241. The Kier molecular flexibility index (Phi) is 8.19. The quantitative estimate of drug-likeness (QED) is 0.667. The summed E-state index contributed by atoms with van der Waals surface area (Å²) in [6.45, 7) is 12.2. The molecule has 1 heterocycles. The Labute approximate surface area is 183 Å². The van der Waals surface area contributed by atoms with E-state index < -0.39 is 17.6 Å². The lowest BCUT2D eigenvalue weighted by Gasteiger charge is -2.27. The van der Waals surface area contributed by atoms with Gasteiger partial charge in [-0.25, -0.2) is 9.78 Å². The lowest BCUT2D eigenvalue weighted by molar-refractivity contribution is -0.136. The van der Waals surface area contributed by atoms with Crippen LogP contribution in [0.25, 0.3) is 10.9 Å². The molecule has 0 saturated carbocycles. The zero-order valence-electron chi connectivity index (χ0n) is 19.3. The highest BCUT2D eigenvalue weighted by Gasteiger charge is 2.26. The summed E-state index contributed by atoms with van der Waals surface area (Å²) in [4.78, 5) is 46.6. The van der Waals surface area contributed by atoms with Crippen molar-refractivity contribution >= 4 is 22.9 Å². The molecule has 0 saturated heterocycles. The molecule has 0 aliphatic carbocycles. The molecule has 8 heteroatoms. The Morgan fingerprint density at radius 2 is 1.90 bits per heavy atom. The van der Waals surface area contributed by atoms with E-state index in [1.54, 1.807) is 43.9 Å². The van der Waals surface area contributed by atoms with Crippen molar-refractivity contribution in [3.05, 3.63) is 40.4 Å². The highest BCUT2D eigenvalue weighted by atomic mass is 16.6. The summed E-state index contributed by atoms with van der Waals surface area (Å²) >= 11 is 0. The van der Waals surface area contributed by atoms with E-state index >= 15 is 0 Å². The molecule has 2 amide bonds. The van der Waals surface area contributed by atoms with Gasteiger partial charge in [0.2, 0.25) is 5.91 Å². The maximum atomic E-state index is 13.3. The fourth-order valence-electron chi connectivity index (χ4n) is 3.36. The van der Waals surface area contributed by atoms with E-state index in [0.29, 0.717) is 29.7 Å². The number of amides is 2. The van der Waals surface area contributed by atoms with Gasteiger partial charge in [-0.05, 0) is 52.2 Å². The van der Waals surface area contributed by atoms with Gasteiger partial charge in [0.05, 0.1) is 23.4 Å². The van der Waals surface area contributed by atoms with Gasteiger partial charge in [-0.3, -0.25) is 9.59 Å². The van der Waals surface area contributed by atoms with Gasteiger partial charge in [0.25, 0.3) is 5.56 Å². The van der Waals surface area contributed by atoms with E-state index in [9.17, 15) is 14.4 Å². The molecule has 0 radical (unpaired) electrons. The van der Waals surface area contributed by atoms with Crippen LogP contribution < -0.4 is 10.9 Å². The van der Waals surface area contributed by atoms with Crippen molar-refractivity contribution in [3.63, 3.8) is 0 Å². The molecule has 0 fully saturated rings. The van der Waals surface area contributed by atoms with E-state index in [0.717, 1.165) is 0 Å². The predicted molar refractivity (Wildman–Crippen MR) is 121 cm³/mol. The smallest absolute Gasteiger partial charge is 0.407 e. The van der Waals surface area contributed by atoms with Crippen LogP contribution in [0.2, 0.25) is 0 Å². The first kappa shape index (κ1) is 24.4. The number of para-hydroxylation sites is 1. The van der Waals surface area contributed by atoms with E-state index in [4.69, 9.17) is 4.74 Å². The second kappa shape index (κ2) is 10.4. The standard InChI is InChI=1S/C23H34N4O4/c1-7-27(14-19-25-18-11-9-8-10-17(18)20(28)26-19)21(29)16(12-15(2)3)13-24-22(30)31-23(4,5)6/h8-11,15-16H,7,12-14H2,1-6H3,(H,24,30)(H,25,26,28)/t16-/m1/s1. The molecule has 0 bridgehead atoms. The Morgan fingerprint density at radius 3 is 2.52 bits per heavy atom. The molecule has 2 aromatic rings. The summed E-state index contributed by atoms with van der Waals surface area (Å²) in [6, 6.07) is 7.10. The van der Waals surface area contributed by atoms with Gasteiger partial charge in [0.1, 0.15) is 11.4 Å². The molecule has 1 aromatic heterocycles. The van der Waals surface area contributed by atoms with Crippen molar-refractivity contribution in [1.29, 1.82) is 0 Å². The fraction of sp³-hybridized carbons (Fsp3) is 0.565. The molecule has 1 atom stereocenters. The molecule has 2 rings (SSSR count). The van der Waals surface area contributed by atoms with Gasteiger partial charge < -0.3 is 19.9 Å². The number of nitrogens with one attached hydrogen (secondary N) is 2. The second-order valence-electron chi connectivity index (χ2n) is 9.09. The lowest BCUT2D eigenvalue weighted by atomic mass is 9.95. The molecule has 0 aliphatic rings. The van der Waals surface area contributed by atoms with Crippen molar-refractivity contribution in [2.45, 2.75) is 60.1 Å². The van der Waals surface area contributed by atoms with E-state index in [-0.39, 0.29) is 30.5 Å². The Morgan fingerprint density at radius 1 is 1.23 bits per heavy atom. The number of fused-ring (bicyclic) bond motifs is 1. The van der Waals surface area contributed by atoms with Crippen LogP contribution in [0.3, 0.4) is 0 Å². The first-order valence-corrected chi connectivity index (χ1v) is 10.7. The molecule has 0 unspecified atom stereocenters. The largest absolute Gasteiger partial charge is 0.444 e. The van der Waals surface area contributed by atoms with Crippen molar-refractivity contribution < 1.29 is 14.3 Å². The number of H-pyrrole nitrogens is 1. The summed E-state index contributed by atoms with van der Waals surface area (Å²) in [5.74, 6) is 0.205. The molecule has 2 N–H and O–H groups in total. The minimum Gasteiger partial charge on any atom is -0.444 e. The minimum atomic E-state index is -0.606. The van der Waals surface area contributed by atoms with Crippen LogP contribution >= 0.6 is 0 Å². The maximum Gasteiger partial charge on any atom is 0.407 e. The van der Waals surface area contributed by atoms with Gasteiger partial charge in [0, 0.05) is 13.1 Å². The monoisotopic (exact) mass is 430 g/mol. The summed E-state index contributed by atoms with van der Waals surface area (Å²) in [5, 5.41) is 3.23. The molecule has 0 spiro atoms. The van der Waals surface area contributed by atoms with Crippen molar-refractivity contribution in [3.8, 4) is 0 Å². The van der Waals surface area contributed by atoms with Crippen LogP contribution in [0, 0.1) is 11.8 Å². The average Bonchev–Trinajstić information content (AvgIpc) is 2.67. The Balaban J connectivity index is 2.15. The number of aromatic amines is 1. The minimum absolute atomic E-state index is 0.0944. The van der Waals surface area contributed by atoms with Crippen LogP contribution in [0.15, 0.2) is 29.1 Å². The third-order valence-electron chi connectivity index (χ3n) is 4.69. The fourth-order valence-corrected chi connectivity index (χ4v) is 3.36. The third-order valence-corrected chi connectivity index (χ3v) is 4.69.